The first-order valence-corrected chi connectivity index (χ1v) is 12.4. The van der Waals surface area contributed by atoms with Crippen LogP contribution < -0.4 is 16.3 Å². The third kappa shape index (κ3) is 8.52. The van der Waals surface area contributed by atoms with Crippen molar-refractivity contribution >= 4 is 22.7 Å². The van der Waals surface area contributed by atoms with Gasteiger partial charge in [0.15, 0.2) is 0 Å². The number of carboxylic acids is 1. The number of carbonyl (C=O) groups is 1. The van der Waals surface area contributed by atoms with Gasteiger partial charge in [0.1, 0.15) is 6.54 Å². The Morgan fingerprint density at radius 3 is 2.47 bits per heavy atom. The van der Waals surface area contributed by atoms with Crippen LogP contribution in [0.5, 0.6) is 0 Å². The summed E-state index contributed by atoms with van der Waals surface area (Å²) in [5.41, 5.74) is 5.12. The number of likely N-dealkylation sites (tertiary alicyclic amines) is 1. The van der Waals surface area contributed by atoms with Crippen molar-refractivity contribution in [2.45, 2.75) is 32.4 Å². The highest BCUT2D eigenvalue weighted by Crippen LogP contribution is 2.23. The van der Waals surface area contributed by atoms with E-state index in [2.05, 4.69) is 74.6 Å². The minimum absolute atomic E-state index is 0.0989. The summed E-state index contributed by atoms with van der Waals surface area (Å²) in [6, 6.07) is 14.5. The summed E-state index contributed by atoms with van der Waals surface area (Å²) in [6.45, 7) is 12.4. The van der Waals surface area contributed by atoms with Crippen molar-refractivity contribution in [1.29, 1.82) is 0 Å². The second kappa shape index (κ2) is 14.9. The normalized spacial score (nSPS) is 12.8. The lowest BCUT2D eigenvalue weighted by molar-refractivity contribution is -0.135. The Labute approximate surface area is 224 Å². The first-order chi connectivity index (χ1) is 18.3. The van der Waals surface area contributed by atoms with Gasteiger partial charge in [0, 0.05) is 38.4 Å². The summed E-state index contributed by atoms with van der Waals surface area (Å²) in [5, 5.41) is 14.8. The molecule has 0 aliphatic carbocycles. The van der Waals surface area contributed by atoms with Crippen LogP contribution in [0.4, 0.5) is 5.69 Å². The number of rotatable bonds is 9. The third-order valence-electron chi connectivity index (χ3n) is 6.30. The number of hydrogen-bond acceptors (Lipinski definition) is 6. The highest BCUT2D eigenvalue weighted by molar-refractivity contribution is 5.74. The Morgan fingerprint density at radius 1 is 1.18 bits per heavy atom. The molecule has 3 aromatic rings. The maximum Gasteiger partial charge on any atom is 0.323 e. The lowest BCUT2D eigenvalue weighted by atomic mass is 10.0. The molecule has 0 bridgehead atoms. The monoisotopic (exact) mass is 518 g/mol. The van der Waals surface area contributed by atoms with E-state index in [1.165, 1.54) is 5.56 Å². The molecule has 202 valence electrons. The molecule has 2 heterocycles. The molecule has 0 amide bonds. The molecule has 1 aliphatic heterocycles. The molecular formula is C29H38N6O3. The smallest absolute Gasteiger partial charge is 0.323 e. The van der Waals surface area contributed by atoms with Crippen LogP contribution in [0.1, 0.15) is 24.0 Å². The average Bonchev–Trinajstić information content (AvgIpc) is 3.31. The van der Waals surface area contributed by atoms with Crippen LogP contribution in [0.3, 0.4) is 0 Å². The fraction of sp³-hybridized carbons (Fsp3) is 0.310. The van der Waals surface area contributed by atoms with Crippen LogP contribution >= 0.6 is 0 Å². The van der Waals surface area contributed by atoms with Crippen LogP contribution in [0.2, 0.25) is 0 Å². The summed E-state index contributed by atoms with van der Waals surface area (Å²) in [7, 11) is 1.94. The number of benzene rings is 2. The highest BCUT2D eigenvalue weighted by atomic mass is 16.4. The van der Waals surface area contributed by atoms with E-state index in [1.54, 1.807) is 0 Å². The van der Waals surface area contributed by atoms with Crippen molar-refractivity contribution in [2.24, 2.45) is 0 Å². The Kier molecular flexibility index (Phi) is 11.6. The summed E-state index contributed by atoms with van der Waals surface area (Å²) in [6.07, 6.45) is 11.9. The number of fused-ring (bicyclic) bond motifs is 1. The Morgan fingerprint density at radius 2 is 1.84 bits per heavy atom. The first-order valence-electron chi connectivity index (χ1n) is 12.4. The van der Waals surface area contributed by atoms with E-state index in [9.17, 15) is 9.59 Å². The number of piperidine rings is 1. The van der Waals surface area contributed by atoms with Gasteiger partial charge in [-0.3, -0.25) is 4.79 Å². The summed E-state index contributed by atoms with van der Waals surface area (Å²) >= 11 is 0. The number of nitrogens with zero attached hydrogens (tertiary/aromatic N) is 2. The van der Waals surface area contributed by atoms with E-state index in [4.69, 9.17) is 5.11 Å². The molecule has 0 atom stereocenters. The van der Waals surface area contributed by atoms with Crippen molar-refractivity contribution in [3.8, 4) is 12.8 Å². The molecule has 2 aromatic carbocycles. The largest absolute Gasteiger partial charge is 0.480 e. The summed E-state index contributed by atoms with van der Waals surface area (Å²) in [5.74, 6) is -0.191. The van der Waals surface area contributed by atoms with Crippen molar-refractivity contribution in [3.63, 3.8) is 0 Å². The van der Waals surface area contributed by atoms with E-state index in [1.807, 2.05) is 44.4 Å². The zero-order valence-electron chi connectivity index (χ0n) is 22.2. The number of aromatic nitrogens is 2. The van der Waals surface area contributed by atoms with Gasteiger partial charge in [0.2, 0.25) is 0 Å². The van der Waals surface area contributed by atoms with Crippen LogP contribution in [-0.2, 0) is 11.3 Å². The van der Waals surface area contributed by atoms with Crippen LogP contribution in [0, 0.1) is 19.8 Å². The quantitative estimate of drug-likeness (QED) is 0.274. The molecule has 1 fully saturated rings. The zero-order valence-corrected chi connectivity index (χ0v) is 22.2. The van der Waals surface area contributed by atoms with Crippen molar-refractivity contribution in [2.75, 3.05) is 32.0 Å². The van der Waals surface area contributed by atoms with Crippen molar-refractivity contribution in [3.05, 3.63) is 89.3 Å². The van der Waals surface area contributed by atoms with E-state index in [0.717, 1.165) is 54.8 Å². The van der Waals surface area contributed by atoms with Gasteiger partial charge in [-0.25, -0.2) is 4.79 Å². The molecule has 0 radical (unpaired) electrons. The Bertz CT molecular complexity index is 1280. The van der Waals surface area contributed by atoms with Crippen LogP contribution in [0.25, 0.3) is 11.0 Å². The van der Waals surface area contributed by atoms with E-state index >= 15 is 0 Å². The number of para-hydroxylation sites is 1. The standard InChI is InChI=1S/C19H28N4O2.C8H8N2O.C2H2/c1-4-22(14-16-7-5-6-8-18(16)20-3)17-9-11-23(12-10-17)15(2)21-13-19(24)25;1-5-2-3-6-7(4-5)10-8(11)9-6;1-2/h4-8,17,20-21H,1-2,9-14H2,3H3,(H,24,25);2-4H,1H3,(H2,9,10,11);1-2H. The molecule has 1 aromatic heterocycles. The predicted octanol–water partition coefficient (Wildman–Crippen LogP) is 3.70. The van der Waals surface area contributed by atoms with Crippen molar-refractivity contribution < 1.29 is 9.90 Å². The molecule has 1 aliphatic rings. The molecule has 4 rings (SSSR count). The van der Waals surface area contributed by atoms with Crippen molar-refractivity contribution in [1.82, 2.24) is 25.1 Å². The van der Waals surface area contributed by atoms with Gasteiger partial charge in [0.25, 0.3) is 0 Å². The summed E-state index contributed by atoms with van der Waals surface area (Å²) in [4.78, 5) is 31.2. The maximum absolute atomic E-state index is 10.8. The number of carboxylic acid groups (broad SMARTS) is 1. The second-order valence-electron chi connectivity index (χ2n) is 8.80. The number of terminal acetylenes is 1. The first kappa shape index (κ1) is 29.6. The number of aryl methyl sites for hydroxylation is 1. The number of hydrogen-bond donors (Lipinski definition) is 5. The summed E-state index contributed by atoms with van der Waals surface area (Å²) < 4.78 is 0. The topological polar surface area (TPSA) is 116 Å². The predicted molar refractivity (Wildman–Crippen MR) is 155 cm³/mol. The van der Waals surface area contributed by atoms with Gasteiger partial charge in [-0.2, -0.15) is 0 Å². The molecule has 1 saturated heterocycles. The Balaban J connectivity index is 0.000000321. The SMILES string of the molecule is C#C.C=CN(Cc1ccccc1NC)C1CCN(C(=C)NCC(=O)O)CC1.Cc1ccc2[nH]c(=O)[nH]c2c1. The number of aromatic amines is 2. The van der Waals surface area contributed by atoms with Gasteiger partial charge in [0.05, 0.1) is 16.9 Å². The number of nitrogens with one attached hydrogen (secondary N) is 4. The Hall–Kier alpha value is -4.58. The molecule has 0 unspecified atom stereocenters. The lowest BCUT2D eigenvalue weighted by Gasteiger charge is -2.39. The molecule has 9 heteroatoms. The van der Waals surface area contributed by atoms with Gasteiger partial charge >= 0.3 is 11.7 Å². The molecule has 0 spiro atoms. The van der Waals surface area contributed by atoms with Crippen LogP contribution in [-0.4, -0.2) is 63.6 Å². The number of anilines is 1. The zero-order chi connectivity index (χ0) is 28.1. The van der Waals surface area contributed by atoms with Gasteiger partial charge in [-0.1, -0.05) is 37.4 Å². The fourth-order valence-corrected chi connectivity index (χ4v) is 4.34. The molecule has 38 heavy (non-hydrogen) atoms. The molecule has 9 nitrogen and oxygen atoms in total. The minimum atomic E-state index is -0.878. The number of imidazole rings is 1. The van der Waals surface area contributed by atoms with Gasteiger partial charge in [-0.15, -0.1) is 12.8 Å². The molecule has 0 saturated carbocycles. The number of aliphatic carboxylic acids is 1. The third-order valence-corrected chi connectivity index (χ3v) is 6.30. The van der Waals surface area contributed by atoms with E-state index in [-0.39, 0.29) is 12.2 Å². The lowest BCUT2D eigenvalue weighted by Crippen LogP contribution is -2.44. The van der Waals surface area contributed by atoms with E-state index in [0.29, 0.717) is 11.9 Å². The molecular weight excluding hydrogens is 480 g/mol. The van der Waals surface area contributed by atoms with Gasteiger partial charge < -0.3 is 35.5 Å². The molecule has 5 N–H and O–H groups in total. The fourth-order valence-electron chi connectivity index (χ4n) is 4.34. The highest BCUT2D eigenvalue weighted by Gasteiger charge is 2.24. The number of H-pyrrole nitrogens is 2. The van der Waals surface area contributed by atoms with E-state index < -0.39 is 5.97 Å². The average molecular weight is 519 g/mol. The minimum Gasteiger partial charge on any atom is -0.480 e. The maximum atomic E-state index is 10.8. The second-order valence-corrected chi connectivity index (χ2v) is 8.80. The van der Waals surface area contributed by atoms with Crippen LogP contribution in [0.15, 0.2) is 72.4 Å². The van der Waals surface area contributed by atoms with Gasteiger partial charge in [-0.05, 0) is 55.3 Å².